The van der Waals surface area contributed by atoms with E-state index < -0.39 is 5.91 Å². The van der Waals surface area contributed by atoms with Gasteiger partial charge in [-0.15, -0.1) is 0 Å². The molecule has 2 aliphatic rings. The second-order valence-corrected chi connectivity index (χ2v) is 10.4. The maximum Gasteiger partial charge on any atom is 0.283 e. The van der Waals surface area contributed by atoms with Gasteiger partial charge < -0.3 is 14.2 Å². The van der Waals surface area contributed by atoms with Crippen molar-refractivity contribution in [3.63, 3.8) is 0 Å². The van der Waals surface area contributed by atoms with Crippen molar-refractivity contribution in [2.24, 2.45) is 10.1 Å². The number of fused-ring (bicyclic) bond motifs is 1. The number of carbonyl (C=O) groups excluding carboxylic acids is 1. The van der Waals surface area contributed by atoms with Crippen molar-refractivity contribution >= 4 is 39.8 Å². The van der Waals surface area contributed by atoms with Crippen LogP contribution in [0.3, 0.4) is 0 Å². The van der Waals surface area contributed by atoms with Gasteiger partial charge in [0, 0.05) is 5.56 Å². The number of rotatable bonds is 9. The Morgan fingerprint density at radius 1 is 0.950 bits per heavy atom. The molecule has 0 bridgehead atoms. The van der Waals surface area contributed by atoms with E-state index in [1.165, 1.54) is 22.3 Å². The number of ether oxygens (including phenoxy) is 3. The van der Waals surface area contributed by atoms with E-state index in [0.717, 1.165) is 28.9 Å². The lowest BCUT2D eigenvalue weighted by Crippen LogP contribution is -2.35. The van der Waals surface area contributed by atoms with Crippen LogP contribution >= 0.6 is 11.8 Å². The molecule has 0 fully saturated rings. The molecule has 204 valence electrons. The van der Waals surface area contributed by atoms with Gasteiger partial charge in [-0.25, -0.2) is 0 Å². The summed E-state index contributed by atoms with van der Waals surface area (Å²) in [5, 5.41) is 15.7. The van der Waals surface area contributed by atoms with Gasteiger partial charge in [-0.1, -0.05) is 48.9 Å². The minimum Gasteiger partial charge on any atom is -0.493 e. The van der Waals surface area contributed by atoms with Crippen LogP contribution in [0.5, 0.6) is 17.2 Å². The van der Waals surface area contributed by atoms with Gasteiger partial charge in [0.2, 0.25) is 5.17 Å². The van der Waals surface area contributed by atoms with Gasteiger partial charge in [0.1, 0.15) is 24.0 Å². The number of aryl methyl sites for hydroxylation is 3. The third-order valence-electron chi connectivity index (χ3n) is 6.38. The summed E-state index contributed by atoms with van der Waals surface area (Å²) in [6.45, 7) is 6.90. The van der Waals surface area contributed by atoms with Crippen molar-refractivity contribution in [3.8, 4) is 17.2 Å². The molecule has 9 heteroatoms. The molecule has 0 spiro atoms. The Kier molecular flexibility index (Phi) is 8.02. The Bertz CT molecular complexity index is 1560. The van der Waals surface area contributed by atoms with E-state index in [4.69, 9.17) is 19.6 Å². The number of hydrogen-bond acceptors (Lipinski definition) is 7. The van der Waals surface area contributed by atoms with Crippen LogP contribution in [0.2, 0.25) is 0 Å². The van der Waals surface area contributed by atoms with E-state index in [9.17, 15) is 4.79 Å². The van der Waals surface area contributed by atoms with Gasteiger partial charge in [0.15, 0.2) is 17.3 Å². The SMILES string of the molecule is CCc1cc(C)cc(OCCOc2ccc(/C=C3\C(=N)N4N=C(c5ccc(C)cc5)SC4=NC3=O)cc2OC)c1. The first-order valence-corrected chi connectivity index (χ1v) is 13.8. The Hall–Kier alpha value is -4.37. The summed E-state index contributed by atoms with van der Waals surface area (Å²) in [6.07, 6.45) is 2.57. The molecule has 0 aliphatic carbocycles. The van der Waals surface area contributed by atoms with Crippen molar-refractivity contribution in [1.82, 2.24) is 5.01 Å². The molecule has 0 atom stereocenters. The fraction of sp³-hybridized carbons (Fsp3) is 0.226. The molecule has 1 N–H and O–H groups in total. The Morgan fingerprint density at radius 2 is 1.73 bits per heavy atom. The molecule has 0 aromatic heterocycles. The first-order chi connectivity index (χ1) is 19.3. The molecule has 40 heavy (non-hydrogen) atoms. The fourth-order valence-corrected chi connectivity index (χ4v) is 5.18. The average molecular weight is 555 g/mol. The predicted octanol–water partition coefficient (Wildman–Crippen LogP) is 6.00. The third-order valence-corrected chi connectivity index (χ3v) is 7.34. The highest BCUT2D eigenvalue weighted by Gasteiger charge is 2.36. The second kappa shape index (κ2) is 11.8. The van der Waals surface area contributed by atoms with E-state index in [0.29, 0.717) is 40.5 Å². The lowest BCUT2D eigenvalue weighted by atomic mass is 10.1. The number of benzene rings is 3. The molecule has 3 aromatic rings. The van der Waals surface area contributed by atoms with Gasteiger partial charge >= 0.3 is 0 Å². The number of amides is 1. The number of amidine groups is 2. The zero-order valence-corrected chi connectivity index (χ0v) is 23.7. The largest absolute Gasteiger partial charge is 0.493 e. The minimum atomic E-state index is -0.483. The van der Waals surface area contributed by atoms with E-state index in [1.54, 1.807) is 31.4 Å². The second-order valence-electron chi connectivity index (χ2n) is 9.41. The summed E-state index contributed by atoms with van der Waals surface area (Å²) in [5.74, 6) is 1.38. The summed E-state index contributed by atoms with van der Waals surface area (Å²) in [5.41, 5.74) is 5.27. The number of thioether (sulfide) groups is 1. The van der Waals surface area contributed by atoms with Gasteiger partial charge in [0.25, 0.3) is 5.91 Å². The number of nitrogens with zero attached hydrogens (tertiary/aromatic N) is 3. The topological polar surface area (TPSA) is 96.6 Å². The molecular formula is C31H30N4O4S. The van der Waals surface area contributed by atoms with E-state index in [-0.39, 0.29) is 11.4 Å². The molecule has 0 saturated heterocycles. The van der Waals surface area contributed by atoms with E-state index in [2.05, 4.69) is 30.0 Å². The van der Waals surface area contributed by atoms with Crippen LogP contribution in [-0.4, -0.2) is 47.3 Å². The van der Waals surface area contributed by atoms with Gasteiger partial charge in [-0.05, 0) is 79.1 Å². The van der Waals surface area contributed by atoms with Crippen molar-refractivity contribution < 1.29 is 19.0 Å². The molecular weight excluding hydrogens is 524 g/mol. The monoisotopic (exact) mass is 554 g/mol. The van der Waals surface area contributed by atoms with Crippen LogP contribution in [0.25, 0.3) is 6.08 Å². The number of carbonyl (C=O) groups is 1. The van der Waals surface area contributed by atoms with E-state index in [1.807, 2.05) is 43.3 Å². The van der Waals surface area contributed by atoms with Crippen LogP contribution in [0, 0.1) is 19.3 Å². The summed E-state index contributed by atoms with van der Waals surface area (Å²) in [6, 6.07) is 19.5. The highest BCUT2D eigenvalue weighted by molar-refractivity contribution is 8.27. The van der Waals surface area contributed by atoms with Gasteiger partial charge in [0.05, 0.1) is 12.7 Å². The lowest BCUT2D eigenvalue weighted by molar-refractivity contribution is -0.114. The number of aliphatic imine (C=N–C) groups is 1. The van der Waals surface area contributed by atoms with Crippen molar-refractivity contribution in [2.45, 2.75) is 27.2 Å². The standard InChI is InChI=1S/C31H30N4O4S/c1-5-21-14-20(3)15-24(16-21)38-12-13-39-26-11-8-22(18-27(26)37-4)17-25-28(32)35-31(33-29(25)36)40-30(34-35)23-9-6-19(2)7-10-23/h6-11,14-18,32H,5,12-13H2,1-4H3/b25-17+,32-28?. The average Bonchev–Trinajstić information content (AvgIpc) is 3.38. The maximum absolute atomic E-state index is 12.9. The summed E-state index contributed by atoms with van der Waals surface area (Å²) < 4.78 is 17.3. The molecule has 3 aromatic carbocycles. The van der Waals surface area contributed by atoms with Crippen LogP contribution in [0.4, 0.5) is 0 Å². The summed E-state index contributed by atoms with van der Waals surface area (Å²) in [4.78, 5) is 17.0. The lowest BCUT2D eigenvalue weighted by Gasteiger charge is -2.20. The highest BCUT2D eigenvalue weighted by atomic mass is 32.2. The van der Waals surface area contributed by atoms with Crippen LogP contribution < -0.4 is 14.2 Å². The summed E-state index contributed by atoms with van der Waals surface area (Å²) >= 11 is 1.28. The predicted molar refractivity (Wildman–Crippen MR) is 160 cm³/mol. The quantitative estimate of drug-likeness (QED) is 0.257. The van der Waals surface area contributed by atoms with E-state index >= 15 is 0 Å². The van der Waals surface area contributed by atoms with Crippen LogP contribution in [0.15, 0.2) is 76.3 Å². The highest BCUT2D eigenvalue weighted by Crippen LogP contribution is 2.33. The number of hydrogen-bond donors (Lipinski definition) is 1. The fourth-order valence-electron chi connectivity index (χ4n) is 4.29. The van der Waals surface area contributed by atoms with Gasteiger partial charge in [-0.3, -0.25) is 10.2 Å². The minimum absolute atomic E-state index is 0.0246. The van der Waals surface area contributed by atoms with Gasteiger partial charge in [-0.2, -0.15) is 15.1 Å². The zero-order valence-electron chi connectivity index (χ0n) is 22.9. The molecule has 0 unspecified atom stereocenters. The van der Waals surface area contributed by atoms with Crippen LogP contribution in [-0.2, 0) is 11.2 Å². The Balaban J connectivity index is 1.27. The smallest absolute Gasteiger partial charge is 0.283 e. The molecule has 1 amide bonds. The summed E-state index contributed by atoms with van der Waals surface area (Å²) in [7, 11) is 1.56. The Morgan fingerprint density at radius 3 is 2.48 bits per heavy atom. The molecule has 0 saturated carbocycles. The number of methoxy groups -OCH3 is 1. The molecule has 8 nitrogen and oxygen atoms in total. The molecule has 2 aliphatic heterocycles. The molecule has 0 radical (unpaired) electrons. The first kappa shape index (κ1) is 27.2. The molecule has 5 rings (SSSR count). The third kappa shape index (κ3) is 5.94. The first-order valence-electron chi connectivity index (χ1n) is 13.0. The van der Waals surface area contributed by atoms with Crippen LogP contribution in [0.1, 0.15) is 34.7 Å². The number of hydrazone groups is 1. The molecule has 2 heterocycles. The van der Waals surface area contributed by atoms with Crippen molar-refractivity contribution in [2.75, 3.05) is 20.3 Å². The zero-order chi connectivity index (χ0) is 28.2. The van der Waals surface area contributed by atoms with Crippen molar-refractivity contribution in [3.05, 3.63) is 94.1 Å². The maximum atomic E-state index is 12.9. The Labute approximate surface area is 237 Å². The van der Waals surface area contributed by atoms with Crippen molar-refractivity contribution in [1.29, 1.82) is 5.41 Å². The normalized spacial score (nSPS) is 15.6. The number of nitrogens with one attached hydrogen (secondary N) is 1.